The first-order valence-corrected chi connectivity index (χ1v) is 8.05. The van der Waals surface area contributed by atoms with Gasteiger partial charge in [0.15, 0.2) is 6.61 Å². The van der Waals surface area contributed by atoms with Crippen molar-refractivity contribution in [2.24, 2.45) is 0 Å². The zero-order chi connectivity index (χ0) is 14.7. The molecule has 20 heavy (non-hydrogen) atoms. The molecule has 1 saturated heterocycles. The monoisotopic (exact) mass is 405 g/mol. The SMILES string of the molecule is CC1CN(C(=O)COc2ccc(Br)cc2Br)CC(C)O1. The van der Waals surface area contributed by atoms with E-state index in [2.05, 4.69) is 31.9 Å². The van der Waals surface area contributed by atoms with Crippen LogP contribution in [0.15, 0.2) is 27.1 Å². The van der Waals surface area contributed by atoms with Gasteiger partial charge in [0.05, 0.1) is 16.7 Å². The first-order valence-electron chi connectivity index (χ1n) is 6.47. The number of nitrogens with zero attached hydrogens (tertiary/aromatic N) is 1. The minimum atomic E-state index is -0.0122. The van der Waals surface area contributed by atoms with Gasteiger partial charge in [0.1, 0.15) is 5.75 Å². The molecule has 1 aliphatic rings. The van der Waals surface area contributed by atoms with E-state index >= 15 is 0 Å². The minimum absolute atomic E-state index is 0.0122. The van der Waals surface area contributed by atoms with Gasteiger partial charge in [-0.05, 0) is 48.0 Å². The van der Waals surface area contributed by atoms with Gasteiger partial charge in [-0.1, -0.05) is 15.9 Å². The molecule has 1 aliphatic heterocycles. The first kappa shape index (κ1) is 15.8. The molecule has 0 aromatic heterocycles. The predicted octanol–water partition coefficient (Wildman–Crippen LogP) is 3.23. The Morgan fingerprint density at radius 2 is 2.00 bits per heavy atom. The number of amides is 1. The first-order chi connectivity index (χ1) is 9.45. The van der Waals surface area contributed by atoms with E-state index in [-0.39, 0.29) is 24.7 Å². The summed E-state index contributed by atoms with van der Waals surface area (Å²) in [7, 11) is 0. The topological polar surface area (TPSA) is 38.8 Å². The van der Waals surface area contributed by atoms with Crippen molar-refractivity contribution in [2.45, 2.75) is 26.1 Å². The summed E-state index contributed by atoms with van der Waals surface area (Å²) in [6.07, 6.45) is 0.143. The molecule has 2 unspecified atom stereocenters. The van der Waals surface area contributed by atoms with E-state index in [1.54, 1.807) is 4.90 Å². The molecule has 0 radical (unpaired) electrons. The molecule has 0 spiro atoms. The Hall–Kier alpha value is -0.590. The van der Waals surface area contributed by atoms with Gasteiger partial charge >= 0.3 is 0 Å². The summed E-state index contributed by atoms with van der Waals surface area (Å²) in [6.45, 7) is 5.23. The number of morpholine rings is 1. The summed E-state index contributed by atoms with van der Waals surface area (Å²) < 4.78 is 13.0. The van der Waals surface area contributed by atoms with Crippen LogP contribution in [0.4, 0.5) is 0 Å². The molecule has 0 aliphatic carbocycles. The van der Waals surface area contributed by atoms with Crippen LogP contribution < -0.4 is 4.74 Å². The van der Waals surface area contributed by atoms with E-state index < -0.39 is 0 Å². The third-order valence-electron chi connectivity index (χ3n) is 3.02. The largest absolute Gasteiger partial charge is 0.483 e. The van der Waals surface area contributed by atoms with E-state index in [1.165, 1.54) is 0 Å². The van der Waals surface area contributed by atoms with Gasteiger partial charge in [0, 0.05) is 17.6 Å². The smallest absolute Gasteiger partial charge is 0.260 e. The summed E-state index contributed by atoms with van der Waals surface area (Å²) in [5, 5.41) is 0. The van der Waals surface area contributed by atoms with Crippen LogP contribution in [-0.2, 0) is 9.53 Å². The second kappa shape index (κ2) is 6.91. The van der Waals surface area contributed by atoms with Crippen LogP contribution in [0.5, 0.6) is 5.75 Å². The molecule has 6 heteroatoms. The second-order valence-electron chi connectivity index (χ2n) is 4.92. The second-order valence-corrected chi connectivity index (χ2v) is 6.69. The third-order valence-corrected chi connectivity index (χ3v) is 4.13. The van der Waals surface area contributed by atoms with Gasteiger partial charge in [-0.25, -0.2) is 0 Å². The quantitative estimate of drug-likeness (QED) is 0.773. The van der Waals surface area contributed by atoms with Crippen LogP contribution >= 0.6 is 31.9 Å². The van der Waals surface area contributed by atoms with Crippen molar-refractivity contribution < 1.29 is 14.3 Å². The highest BCUT2D eigenvalue weighted by Gasteiger charge is 2.26. The van der Waals surface area contributed by atoms with Crippen molar-refractivity contribution >= 4 is 37.8 Å². The van der Waals surface area contributed by atoms with Crippen LogP contribution in [0.3, 0.4) is 0 Å². The summed E-state index contributed by atoms with van der Waals surface area (Å²) >= 11 is 6.79. The molecular formula is C14H17Br2NO3. The van der Waals surface area contributed by atoms with Crippen molar-refractivity contribution in [3.8, 4) is 5.75 Å². The van der Waals surface area contributed by atoms with Crippen LogP contribution in [-0.4, -0.2) is 42.7 Å². The normalized spacial score (nSPS) is 22.7. The number of hydrogen-bond donors (Lipinski definition) is 0. The highest BCUT2D eigenvalue weighted by molar-refractivity contribution is 9.11. The predicted molar refractivity (Wildman–Crippen MR) is 83.9 cm³/mol. The average Bonchev–Trinajstić information content (AvgIpc) is 2.36. The molecule has 1 aromatic carbocycles. The molecule has 2 atom stereocenters. The van der Waals surface area contributed by atoms with Gasteiger partial charge in [-0.2, -0.15) is 0 Å². The summed E-state index contributed by atoms with van der Waals surface area (Å²) in [4.78, 5) is 14.0. The number of carbonyl (C=O) groups is 1. The van der Waals surface area contributed by atoms with Crippen molar-refractivity contribution in [3.05, 3.63) is 27.1 Å². The Bertz CT molecular complexity index is 485. The fraction of sp³-hybridized carbons (Fsp3) is 0.500. The van der Waals surface area contributed by atoms with E-state index in [0.29, 0.717) is 18.8 Å². The lowest BCUT2D eigenvalue weighted by Gasteiger charge is -2.35. The van der Waals surface area contributed by atoms with E-state index in [1.807, 2.05) is 32.0 Å². The molecule has 0 saturated carbocycles. The molecule has 1 aromatic rings. The molecule has 4 nitrogen and oxygen atoms in total. The molecule has 110 valence electrons. The highest BCUT2D eigenvalue weighted by atomic mass is 79.9. The van der Waals surface area contributed by atoms with E-state index in [9.17, 15) is 4.79 Å². The Kier molecular flexibility index (Phi) is 5.46. The van der Waals surface area contributed by atoms with Crippen molar-refractivity contribution in [2.75, 3.05) is 19.7 Å². The van der Waals surface area contributed by atoms with Gasteiger partial charge in [-0.15, -0.1) is 0 Å². The van der Waals surface area contributed by atoms with E-state index in [4.69, 9.17) is 9.47 Å². The van der Waals surface area contributed by atoms with Gasteiger partial charge in [-0.3, -0.25) is 4.79 Å². The Balaban J connectivity index is 1.91. The van der Waals surface area contributed by atoms with Crippen LogP contribution in [0.25, 0.3) is 0 Å². The minimum Gasteiger partial charge on any atom is -0.483 e. The number of rotatable bonds is 3. The maximum atomic E-state index is 12.2. The van der Waals surface area contributed by atoms with Gasteiger partial charge in [0.2, 0.25) is 0 Å². The molecule has 1 amide bonds. The zero-order valence-electron chi connectivity index (χ0n) is 11.4. The number of ether oxygens (including phenoxy) is 2. The molecular weight excluding hydrogens is 390 g/mol. The molecule has 2 rings (SSSR count). The number of hydrogen-bond acceptors (Lipinski definition) is 3. The lowest BCUT2D eigenvalue weighted by molar-refractivity contribution is -0.145. The fourth-order valence-corrected chi connectivity index (χ4v) is 3.37. The maximum absolute atomic E-state index is 12.2. The number of benzene rings is 1. The van der Waals surface area contributed by atoms with Crippen molar-refractivity contribution in [3.63, 3.8) is 0 Å². The Morgan fingerprint density at radius 3 is 2.60 bits per heavy atom. The Morgan fingerprint density at radius 1 is 1.35 bits per heavy atom. The molecule has 1 heterocycles. The van der Waals surface area contributed by atoms with Crippen molar-refractivity contribution in [1.82, 2.24) is 4.90 Å². The summed E-state index contributed by atoms with van der Waals surface area (Å²) in [6, 6.07) is 5.59. The molecule has 1 fully saturated rings. The van der Waals surface area contributed by atoms with Crippen LogP contribution in [0.1, 0.15) is 13.8 Å². The van der Waals surface area contributed by atoms with E-state index in [0.717, 1.165) is 8.95 Å². The van der Waals surface area contributed by atoms with Gasteiger partial charge in [0.25, 0.3) is 5.91 Å². The summed E-state index contributed by atoms with van der Waals surface area (Å²) in [5.74, 6) is 0.651. The summed E-state index contributed by atoms with van der Waals surface area (Å²) in [5.41, 5.74) is 0. The maximum Gasteiger partial charge on any atom is 0.260 e. The molecule has 0 N–H and O–H groups in total. The number of carbonyl (C=O) groups excluding carboxylic acids is 1. The third kappa shape index (κ3) is 4.20. The zero-order valence-corrected chi connectivity index (χ0v) is 14.6. The lowest BCUT2D eigenvalue weighted by atomic mass is 10.2. The van der Waals surface area contributed by atoms with Crippen molar-refractivity contribution in [1.29, 1.82) is 0 Å². The highest BCUT2D eigenvalue weighted by Crippen LogP contribution is 2.28. The lowest BCUT2D eigenvalue weighted by Crippen LogP contribution is -2.49. The fourth-order valence-electron chi connectivity index (χ4n) is 2.20. The molecule has 0 bridgehead atoms. The average molecular weight is 407 g/mol. The van der Waals surface area contributed by atoms with Crippen LogP contribution in [0.2, 0.25) is 0 Å². The Labute approximate surface area is 135 Å². The number of halogens is 2. The van der Waals surface area contributed by atoms with Crippen LogP contribution in [0, 0.1) is 0 Å². The standard InChI is InChI=1S/C14H17Br2NO3/c1-9-6-17(7-10(2)20-9)14(18)8-19-13-4-3-11(15)5-12(13)16/h3-5,9-10H,6-8H2,1-2H3. The van der Waals surface area contributed by atoms with Gasteiger partial charge < -0.3 is 14.4 Å².